The van der Waals surface area contributed by atoms with Crippen LogP contribution in [0.15, 0.2) is 78.9 Å². The quantitative estimate of drug-likeness (QED) is 0.284. The highest BCUT2D eigenvalue weighted by Crippen LogP contribution is 2.42. The van der Waals surface area contributed by atoms with Gasteiger partial charge in [0.25, 0.3) is 0 Å². The third-order valence-electron chi connectivity index (χ3n) is 8.10. The summed E-state index contributed by atoms with van der Waals surface area (Å²) < 4.78 is 11.0. The van der Waals surface area contributed by atoms with Gasteiger partial charge in [0, 0.05) is 39.3 Å². The van der Waals surface area contributed by atoms with E-state index in [1.165, 1.54) is 0 Å². The highest BCUT2D eigenvalue weighted by Gasteiger charge is 2.50. The van der Waals surface area contributed by atoms with Crippen LogP contribution in [0.2, 0.25) is 0 Å². The van der Waals surface area contributed by atoms with E-state index in [2.05, 4.69) is 51.5 Å². The van der Waals surface area contributed by atoms with Crippen molar-refractivity contribution < 1.29 is 19.1 Å². The Balaban J connectivity index is 1.92. The zero-order valence-electron chi connectivity index (χ0n) is 25.5. The molecule has 1 heterocycles. The first kappa shape index (κ1) is 31.2. The molecule has 223 valence electrons. The van der Waals surface area contributed by atoms with Gasteiger partial charge < -0.3 is 19.3 Å². The molecule has 42 heavy (non-hydrogen) atoms. The number of esters is 1. The van der Waals surface area contributed by atoms with E-state index in [4.69, 9.17) is 9.47 Å². The van der Waals surface area contributed by atoms with Crippen LogP contribution in [0.5, 0.6) is 0 Å². The molecular weight excluding hydrogens is 528 g/mol. The molecule has 0 aliphatic carbocycles. The molecule has 0 spiro atoms. The predicted octanol–water partition coefficient (Wildman–Crippen LogP) is 4.22. The molecule has 0 saturated carbocycles. The van der Waals surface area contributed by atoms with Crippen LogP contribution >= 0.6 is 0 Å². The summed E-state index contributed by atoms with van der Waals surface area (Å²) in [7, 11) is 7.54. The van der Waals surface area contributed by atoms with E-state index in [9.17, 15) is 9.59 Å². The molecule has 2 unspecified atom stereocenters. The van der Waals surface area contributed by atoms with Crippen molar-refractivity contribution in [2.75, 3.05) is 77.4 Å². The van der Waals surface area contributed by atoms with Crippen LogP contribution in [0, 0.1) is 0 Å². The Morgan fingerprint density at radius 3 is 2.21 bits per heavy atom. The Kier molecular flexibility index (Phi) is 10.7. The number of carbonyl (C=O) groups excluding carboxylic acids is 2. The van der Waals surface area contributed by atoms with E-state index < -0.39 is 17.6 Å². The lowest BCUT2D eigenvalue weighted by molar-refractivity contribution is -0.130. The average molecular weight is 572 g/mol. The van der Waals surface area contributed by atoms with Crippen molar-refractivity contribution in [3.8, 4) is 0 Å². The molecule has 1 aliphatic rings. The Morgan fingerprint density at radius 2 is 1.60 bits per heavy atom. The van der Waals surface area contributed by atoms with Crippen molar-refractivity contribution >= 4 is 23.1 Å². The monoisotopic (exact) mass is 571 g/mol. The average Bonchev–Trinajstić information content (AvgIpc) is 3.02. The number of nitrogens with zero attached hydrogens (tertiary/aromatic N) is 4. The minimum atomic E-state index is -1.03. The molecule has 0 amide bonds. The van der Waals surface area contributed by atoms with Gasteiger partial charge in [-0.2, -0.15) is 0 Å². The lowest BCUT2D eigenvalue weighted by Crippen LogP contribution is -2.62. The zero-order valence-corrected chi connectivity index (χ0v) is 25.5. The predicted molar refractivity (Wildman–Crippen MR) is 168 cm³/mol. The number of ketones is 1. The maximum atomic E-state index is 14.4. The van der Waals surface area contributed by atoms with Crippen molar-refractivity contribution in [2.24, 2.45) is 0 Å². The normalized spacial score (nSPS) is 15.6. The van der Waals surface area contributed by atoms with Crippen LogP contribution in [0.25, 0.3) is 0 Å². The molecule has 8 nitrogen and oxygen atoms in total. The van der Waals surface area contributed by atoms with Crippen LogP contribution in [-0.4, -0.2) is 89.8 Å². The number of carbonyl (C=O) groups is 2. The first-order chi connectivity index (χ1) is 20.3. The van der Waals surface area contributed by atoms with Crippen LogP contribution in [-0.2, 0) is 20.7 Å². The highest BCUT2D eigenvalue weighted by atomic mass is 16.5. The SMILES string of the molecule is CCOC(=O)c1ccccc1N(C)C(c1ccc(N2CCOCC2)cc1)C(Cc1ccccc1)(C(=O)C[N]C)N(C)C. The van der Waals surface area contributed by atoms with Crippen molar-refractivity contribution in [3.63, 3.8) is 0 Å². The number of hydrogen-bond donors (Lipinski definition) is 0. The lowest BCUT2D eigenvalue weighted by Gasteiger charge is -2.49. The van der Waals surface area contributed by atoms with Crippen LogP contribution in [0.3, 0.4) is 0 Å². The summed E-state index contributed by atoms with van der Waals surface area (Å²) >= 11 is 0. The van der Waals surface area contributed by atoms with Crippen molar-refractivity contribution in [1.82, 2.24) is 10.2 Å². The highest BCUT2D eigenvalue weighted by molar-refractivity contribution is 5.97. The molecule has 1 saturated heterocycles. The van der Waals surface area contributed by atoms with Gasteiger partial charge in [-0.3, -0.25) is 9.69 Å². The summed E-state index contributed by atoms with van der Waals surface area (Å²) in [6.45, 7) is 5.22. The number of morpholine rings is 1. The van der Waals surface area contributed by atoms with Gasteiger partial charge in [0.1, 0.15) is 5.54 Å². The summed E-state index contributed by atoms with van der Waals surface area (Å²) in [5.74, 6) is -0.392. The van der Waals surface area contributed by atoms with E-state index >= 15 is 0 Å². The minimum absolute atomic E-state index is 0.00146. The number of para-hydroxylation sites is 1. The second kappa shape index (κ2) is 14.4. The van der Waals surface area contributed by atoms with Crippen LogP contribution in [0.4, 0.5) is 11.4 Å². The molecule has 0 aromatic heterocycles. The Labute approximate surface area is 250 Å². The molecule has 0 N–H and O–H groups in total. The van der Waals surface area contributed by atoms with Gasteiger partial charge in [-0.25, -0.2) is 10.1 Å². The van der Waals surface area contributed by atoms with Crippen molar-refractivity contribution in [3.05, 3.63) is 95.6 Å². The van der Waals surface area contributed by atoms with E-state index in [1.54, 1.807) is 20.0 Å². The fraction of sp³-hybridized carbons (Fsp3) is 0.412. The number of Topliss-reactive ketones (excluding diaryl/α,β-unsaturated/α-hetero) is 1. The smallest absolute Gasteiger partial charge is 0.340 e. The number of benzene rings is 3. The molecule has 3 aromatic rings. The number of hydrogen-bond acceptors (Lipinski definition) is 7. The maximum Gasteiger partial charge on any atom is 0.340 e. The summed E-state index contributed by atoms with van der Waals surface area (Å²) in [6.07, 6.45) is 0.455. The van der Waals surface area contributed by atoms with Crippen molar-refractivity contribution in [1.29, 1.82) is 0 Å². The van der Waals surface area contributed by atoms with Gasteiger partial charge in [-0.15, -0.1) is 0 Å². The molecule has 1 fully saturated rings. The number of anilines is 2. The zero-order chi connectivity index (χ0) is 30.1. The molecule has 1 aliphatic heterocycles. The van der Waals surface area contributed by atoms with E-state index in [-0.39, 0.29) is 18.9 Å². The lowest BCUT2D eigenvalue weighted by atomic mass is 9.74. The molecule has 3 aromatic carbocycles. The van der Waals surface area contributed by atoms with Gasteiger partial charge in [0.15, 0.2) is 5.78 Å². The molecule has 2 atom stereocenters. The third-order valence-corrected chi connectivity index (χ3v) is 8.10. The molecule has 1 radical (unpaired) electrons. The van der Waals surface area contributed by atoms with E-state index in [0.717, 1.165) is 29.9 Å². The van der Waals surface area contributed by atoms with Crippen LogP contribution in [0.1, 0.15) is 34.5 Å². The minimum Gasteiger partial charge on any atom is -0.462 e. The standard InChI is InChI=1S/C34H43N4O4/c1-6-42-33(40)29-14-10-11-15-30(29)37(5)32(27-16-18-28(19-17-27)38-20-22-41-23-21-38)34(36(3)4,31(39)25-35-2)24-26-12-8-7-9-13-26/h7-19,32H,6,20-25H2,1-5H3. The third kappa shape index (κ3) is 6.67. The van der Waals surface area contributed by atoms with Gasteiger partial charge in [0.05, 0.1) is 43.7 Å². The molecule has 0 bridgehead atoms. The van der Waals surface area contributed by atoms with Crippen molar-refractivity contribution in [2.45, 2.75) is 24.9 Å². The van der Waals surface area contributed by atoms with E-state index in [1.807, 2.05) is 62.4 Å². The molecular formula is C34H43N4O4. The molecule has 4 rings (SSSR count). The summed E-state index contributed by atoms with van der Waals surface area (Å²) in [4.78, 5) is 33.9. The first-order valence-corrected chi connectivity index (χ1v) is 14.5. The van der Waals surface area contributed by atoms with Crippen LogP contribution < -0.4 is 15.1 Å². The number of ether oxygens (including phenoxy) is 2. The largest absolute Gasteiger partial charge is 0.462 e. The second-order valence-electron chi connectivity index (χ2n) is 10.8. The Morgan fingerprint density at radius 1 is 0.952 bits per heavy atom. The first-order valence-electron chi connectivity index (χ1n) is 14.5. The summed E-state index contributed by atoms with van der Waals surface area (Å²) in [6, 6.07) is 25.5. The Hall–Kier alpha value is -3.72. The number of rotatable bonds is 13. The fourth-order valence-corrected chi connectivity index (χ4v) is 6.00. The summed E-state index contributed by atoms with van der Waals surface area (Å²) in [5.41, 5.74) is 3.23. The van der Waals surface area contributed by atoms with Gasteiger partial charge >= 0.3 is 5.97 Å². The van der Waals surface area contributed by atoms with E-state index in [0.29, 0.717) is 30.9 Å². The fourth-order valence-electron chi connectivity index (χ4n) is 6.00. The summed E-state index contributed by atoms with van der Waals surface area (Å²) in [5, 5.41) is 4.29. The maximum absolute atomic E-state index is 14.4. The van der Waals surface area contributed by atoms with Gasteiger partial charge in [0.2, 0.25) is 0 Å². The number of likely N-dealkylation sites (N-methyl/N-ethyl adjacent to an activating group) is 3. The topological polar surface area (TPSA) is 76.4 Å². The molecule has 8 heteroatoms. The second-order valence-corrected chi connectivity index (χ2v) is 10.8. The van der Waals surface area contributed by atoms with Gasteiger partial charge in [-0.05, 0) is 56.4 Å². The Bertz CT molecular complexity index is 1310. The van der Waals surface area contributed by atoms with Gasteiger partial charge in [-0.1, -0.05) is 54.6 Å².